The average Bonchev–Trinajstić information content (AvgIpc) is 2.90. The number of hydrogen-bond donors (Lipinski definition) is 0. The van der Waals surface area contributed by atoms with E-state index in [-0.39, 0.29) is 0 Å². The Labute approximate surface area is 122 Å². The number of benzene rings is 1. The van der Waals surface area contributed by atoms with Crippen LogP contribution in [0.25, 0.3) is 0 Å². The summed E-state index contributed by atoms with van der Waals surface area (Å²) in [7, 11) is 0. The van der Waals surface area contributed by atoms with Gasteiger partial charge in [-0.05, 0) is 37.8 Å². The zero-order chi connectivity index (χ0) is 14.0. The minimum Gasteiger partial charge on any atom is -0.492 e. The van der Waals surface area contributed by atoms with E-state index < -0.39 is 5.41 Å². The van der Waals surface area contributed by atoms with Crippen molar-refractivity contribution in [3.05, 3.63) is 45.9 Å². The van der Waals surface area contributed by atoms with Crippen molar-refractivity contribution < 1.29 is 4.74 Å². The van der Waals surface area contributed by atoms with Gasteiger partial charge in [-0.25, -0.2) is 4.98 Å². The minimum absolute atomic E-state index is 0.412. The molecule has 1 aromatic heterocycles. The number of rotatable bonds is 3. The molecule has 0 saturated carbocycles. The van der Waals surface area contributed by atoms with E-state index in [1.54, 1.807) is 11.3 Å². The van der Waals surface area contributed by atoms with E-state index in [1.807, 2.05) is 30.6 Å². The molecule has 3 nitrogen and oxygen atoms in total. The summed E-state index contributed by atoms with van der Waals surface area (Å²) < 4.78 is 5.80. The molecular weight excluding hydrogens is 268 g/mol. The molecule has 0 fully saturated rings. The number of thiazole rings is 1. The monoisotopic (exact) mass is 284 g/mol. The zero-order valence-electron chi connectivity index (χ0n) is 11.4. The SMILES string of the molecule is Cc1ncsc1CCC1(C#N)COc2ccccc2C1. The lowest BCUT2D eigenvalue weighted by molar-refractivity contribution is 0.161. The molecule has 0 N–H and O–H groups in total. The number of nitrogens with zero attached hydrogens (tertiary/aromatic N) is 2. The van der Waals surface area contributed by atoms with Crippen molar-refractivity contribution in [1.29, 1.82) is 5.26 Å². The molecule has 1 aliphatic heterocycles. The van der Waals surface area contributed by atoms with Crippen LogP contribution in [0, 0.1) is 23.7 Å². The Morgan fingerprint density at radius 2 is 2.30 bits per heavy atom. The average molecular weight is 284 g/mol. The maximum absolute atomic E-state index is 9.62. The van der Waals surface area contributed by atoms with Crippen LogP contribution >= 0.6 is 11.3 Å². The second-order valence-electron chi connectivity index (χ2n) is 5.33. The highest BCUT2D eigenvalue weighted by Crippen LogP contribution is 2.37. The van der Waals surface area contributed by atoms with Crippen molar-refractivity contribution in [1.82, 2.24) is 4.98 Å². The second kappa shape index (κ2) is 5.26. The Balaban J connectivity index is 1.77. The van der Waals surface area contributed by atoms with E-state index in [2.05, 4.69) is 17.1 Å². The third-order valence-electron chi connectivity index (χ3n) is 3.92. The summed E-state index contributed by atoms with van der Waals surface area (Å²) in [6, 6.07) is 10.5. The van der Waals surface area contributed by atoms with Gasteiger partial charge in [0.05, 0.1) is 22.7 Å². The van der Waals surface area contributed by atoms with Gasteiger partial charge in [0.2, 0.25) is 0 Å². The maximum atomic E-state index is 9.62. The molecule has 3 rings (SSSR count). The highest BCUT2D eigenvalue weighted by Gasteiger charge is 2.36. The molecule has 4 heteroatoms. The van der Waals surface area contributed by atoms with Gasteiger partial charge in [0.25, 0.3) is 0 Å². The first-order valence-electron chi connectivity index (χ1n) is 6.73. The first-order chi connectivity index (χ1) is 9.72. The zero-order valence-corrected chi connectivity index (χ0v) is 12.2. The number of para-hydroxylation sites is 1. The quantitative estimate of drug-likeness (QED) is 0.866. The number of aryl methyl sites for hydroxylation is 2. The lowest BCUT2D eigenvalue weighted by atomic mass is 9.78. The van der Waals surface area contributed by atoms with Crippen molar-refractivity contribution >= 4 is 11.3 Å². The van der Waals surface area contributed by atoms with Gasteiger partial charge in [-0.1, -0.05) is 18.2 Å². The summed E-state index contributed by atoms with van der Waals surface area (Å²) in [6.07, 6.45) is 2.49. The number of fused-ring (bicyclic) bond motifs is 1. The summed E-state index contributed by atoms with van der Waals surface area (Å²) in [5.41, 5.74) is 3.68. The summed E-state index contributed by atoms with van der Waals surface area (Å²) >= 11 is 1.67. The number of nitriles is 1. The summed E-state index contributed by atoms with van der Waals surface area (Å²) in [4.78, 5) is 5.55. The second-order valence-corrected chi connectivity index (χ2v) is 6.27. The van der Waals surface area contributed by atoms with Gasteiger partial charge >= 0.3 is 0 Å². The van der Waals surface area contributed by atoms with Crippen LogP contribution < -0.4 is 4.74 Å². The van der Waals surface area contributed by atoms with Crippen LogP contribution in [0.4, 0.5) is 0 Å². The molecule has 0 amide bonds. The number of ether oxygens (including phenoxy) is 1. The lowest BCUT2D eigenvalue weighted by Gasteiger charge is -2.32. The fraction of sp³-hybridized carbons (Fsp3) is 0.375. The fourth-order valence-corrected chi connectivity index (χ4v) is 3.41. The maximum Gasteiger partial charge on any atom is 0.122 e. The van der Waals surface area contributed by atoms with Crippen LogP contribution in [0.5, 0.6) is 5.75 Å². The molecule has 1 aromatic carbocycles. The van der Waals surface area contributed by atoms with E-state index in [0.717, 1.165) is 36.3 Å². The molecule has 2 heterocycles. The summed E-state index contributed by atoms with van der Waals surface area (Å²) in [5, 5.41) is 9.62. The Bertz CT molecular complexity index is 658. The Kier molecular flexibility index (Phi) is 3.45. The van der Waals surface area contributed by atoms with Gasteiger partial charge < -0.3 is 4.74 Å². The van der Waals surface area contributed by atoms with Gasteiger partial charge in [0, 0.05) is 4.88 Å². The number of aromatic nitrogens is 1. The largest absolute Gasteiger partial charge is 0.492 e. The highest BCUT2D eigenvalue weighted by atomic mass is 32.1. The van der Waals surface area contributed by atoms with Crippen molar-refractivity contribution in [2.24, 2.45) is 5.41 Å². The van der Waals surface area contributed by atoms with Crippen molar-refractivity contribution in [3.63, 3.8) is 0 Å². The lowest BCUT2D eigenvalue weighted by Crippen LogP contribution is -2.34. The predicted molar refractivity (Wildman–Crippen MR) is 78.9 cm³/mol. The molecule has 0 bridgehead atoms. The van der Waals surface area contributed by atoms with Gasteiger partial charge in [-0.3, -0.25) is 0 Å². The van der Waals surface area contributed by atoms with Gasteiger partial charge in [-0.2, -0.15) is 5.26 Å². The van der Waals surface area contributed by atoms with Gasteiger partial charge in [0.1, 0.15) is 12.4 Å². The van der Waals surface area contributed by atoms with Crippen LogP contribution in [0.3, 0.4) is 0 Å². The smallest absolute Gasteiger partial charge is 0.122 e. The van der Waals surface area contributed by atoms with Crippen LogP contribution in [0.15, 0.2) is 29.8 Å². The van der Waals surface area contributed by atoms with Gasteiger partial charge in [-0.15, -0.1) is 11.3 Å². The Morgan fingerprint density at radius 3 is 3.05 bits per heavy atom. The molecule has 102 valence electrons. The molecule has 1 aliphatic rings. The topological polar surface area (TPSA) is 45.9 Å². The van der Waals surface area contributed by atoms with Crippen molar-refractivity contribution in [3.8, 4) is 11.8 Å². The highest BCUT2D eigenvalue weighted by molar-refractivity contribution is 7.09. The molecule has 2 aromatic rings. The normalized spacial score (nSPS) is 20.8. The minimum atomic E-state index is -0.412. The van der Waals surface area contributed by atoms with Crippen LogP contribution in [-0.2, 0) is 12.8 Å². The first-order valence-corrected chi connectivity index (χ1v) is 7.61. The predicted octanol–water partition coefficient (Wildman–Crippen LogP) is 3.53. The van der Waals surface area contributed by atoms with E-state index in [0.29, 0.717) is 6.61 Å². The van der Waals surface area contributed by atoms with Crippen molar-refractivity contribution in [2.75, 3.05) is 6.61 Å². The standard InChI is InChI=1S/C16H16N2OS/c1-12-15(20-11-18-12)6-7-16(9-17)8-13-4-2-3-5-14(13)19-10-16/h2-5,11H,6-8,10H2,1H3. The third-order valence-corrected chi connectivity index (χ3v) is 4.91. The van der Waals surface area contributed by atoms with Crippen LogP contribution in [-0.4, -0.2) is 11.6 Å². The molecule has 1 unspecified atom stereocenters. The molecule has 0 aliphatic carbocycles. The molecule has 0 radical (unpaired) electrons. The van der Waals surface area contributed by atoms with Crippen molar-refractivity contribution in [2.45, 2.75) is 26.2 Å². The fourth-order valence-electron chi connectivity index (χ4n) is 2.63. The molecule has 20 heavy (non-hydrogen) atoms. The summed E-state index contributed by atoms with van der Waals surface area (Å²) in [6.45, 7) is 2.51. The van der Waals surface area contributed by atoms with Crippen LogP contribution in [0.1, 0.15) is 22.6 Å². The Hall–Kier alpha value is -1.86. The Morgan fingerprint density at radius 1 is 1.45 bits per heavy atom. The van der Waals surface area contributed by atoms with Gasteiger partial charge in [0.15, 0.2) is 0 Å². The summed E-state index contributed by atoms with van der Waals surface area (Å²) in [5.74, 6) is 0.923. The third kappa shape index (κ3) is 2.41. The first kappa shape index (κ1) is 13.1. The molecule has 0 spiro atoms. The molecule has 1 atom stereocenters. The van der Waals surface area contributed by atoms with E-state index in [9.17, 15) is 5.26 Å². The molecule has 0 saturated heterocycles. The van der Waals surface area contributed by atoms with E-state index in [4.69, 9.17) is 4.74 Å². The van der Waals surface area contributed by atoms with E-state index in [1.165, 1.54) is 4.88 Å². The molecular formula is C16H16N2OS. The van der Waals surface area contributed by atoms with Crippen LogP contribution in [0.2, 0.25) is 0 Å². The number of hydrogen-bond acceptors (Lipinski definition) is 4. The van der Waals surface area contributed by atoms with E-state index >= 15 is 0 Å².